The molecule has 0 bridgehead atoms. The van der Waals surface area contributed by atoms with Gasteiger partial charge in [0.15, 0.2) is 0 Å². The summed E-state index contributed by atoms with van der Waals surface area (Å²) in [6.45, 7) is 10.7. The highest BCUT2D eigenvalue weighted by Crippen LogP contribution is 2.39. The van der Waals surface area contributed by atoms with E-state index >= 15 is 0 Å². The Hall–Kier alpha value is -3.23. The Bertz CT molecular complexity index is 1070. The third kappa shape index (κ3) is 4.49. The van der Waals surface area contributed by atoms with Crippen LogP contribution in [0, 0.1) is 5.41 Å². The van der Waals surface area contributed by atoms with Gasteiger partial charge < -0.3 is 14.5 Å². The Balaban J connectivity index is 1.54. The molecule has 1 saturated heterocycles. The summed E-state index contributed by atoms with van der Waals surface area (Å²) in [7, 11) is 0. The third-order valence-corrected chi connectivity index (χ3v) is 6.13. The van der Waals surface area contributed by atoms with Crippen molar-refractivity contribution in [1.29, 1.82) is 0 Å². The molecule has 1 fully saturated rings. The fraction of sp³-hybridized carbons (Fsp3) is 0.542. The quantitative estimate of drug-likeness (QED) is 0.688. The van der Waals surface area contributed by atoms with Crippen molar-refractivity contribution in [2.24, 2.45) is 5.41 Å². The molecule has 4 amide bonds. The number of fused-ring (bicyclic) bond motifs is 1. The Morgan fingerprint density at radius 2 is 1.94 bits per heavy atom. The van der Waals surface area contributed by atoms with E-state index in [9.17, 15) is 19.2 Å². The Morgan fingerprint density at radius 3 is 2.58 bits per heavy atom. The molecule has 1 aromatic rings. The van der Waals surface area contributed by atoms with E-state index < -0.39 is 17.6 Å². The highest BCUT2D eigenvalue weighted by Gasteiger charge is 2.41. The lowest BCUT2D eigenvalue weighted by Gasteiger charge is -2.39. The summed E-state index contributed by atoms with van der Waals surface area (Å²) in [4.78, 5) is 57.1. The van der Waals surface area contributed by atoms with E-state index in [1.165, 1.54) is 4.90 Å². The number of hydrogen-bond donors (Lipinski definition) is 1. The standard InChI is InChI=1S/C24H30N4O5/c1-23(2,3)33-22(32)27-11-10-15(24(4,5)13-27)16-7-6-14-17(25-16)12-28(21(14)31)18-8-9-19(29)26-20(18)30/h6-7,10,18H,8-9,11-13H2,1-5H3,(H,26,29,30). The van der Waals surface area contributed by atoms with Crippen LogP contribution < -0.4 is 5.32 Å². The highest BCUT2D eigenvalue weighted by molar-refractivity contribution is 6.05. The fourth-order valence-corrected chi connectivity index (χ4v) is 4.61. The molecule has 9 nitrogen and oxygen atoms in total. The van der Waals surface area contributed by atoms with Gasteiger partial charge in [-0.1, -0.05) is 19.9 Å². The van der Waals surface area contributed by atoms with Gasteiger partial charge in [0.25, 0.3) is 5.91 Å². The number of carbonyl (C=O) groups excluding carboxylic acids is 4. The minimum absolute atomic E-state index is 0.213. The number of nitrogens with one attached hydrogen (secondary N) is 1. The van der Waals surface area contributed by atoms with E-state index in [0.717, 1.165) is 11.3 Å². The molecule has 0 aliphatic carbocycles. The normalized spacial score (nSPS) is 22.6. The van der Waals surface area contributed by atoms with Gasteiger partial charge in [0.05, 0.1) is 23.5 Å². The minimum Gasteiger partial charge on any atom is -0.444 e. The Morgan fingerprint density at radius 1 is 1.21 bits per heavy atom. The van der Waals surface area contributed by atoms with Crippen LogP contribution in [0.2, 0.25) is 0 Å². The zero-order valence-electron chi connectivity index (χ0n) is 19.7. The van der Waals surface area contributed by atoms with Crippen LogP contribution in [-0.4, -0.2) is 63.3 Å². The van der Waals surface area contributed by atoms with Crippen LogP contribution in [0.15, 0.2) is 18.2 Å². The molecule has 0 aromatic carbocycles. The second kappa shape index (κ2) is 7.97. The summed E-state index contributed by atoms with van der Waals surface area (Å²) in [5.41, 5.74) is 1.91. The first kappa shape index (κ1) is 22.9. The van der Waals surface area contributed by atoms with Crippen molar-refractivity contribution in [1.82, 2.24) is 20.1 Å². The lowest BCUT2D eigenvalue weighted by Crippen LogP contribution is -2.52. The average molecular weight is 455 g/mol. The van der Waals surface area contributed by atoms with Gasteiger partial charge in [-0.25, -0.2) is 4.79 Å². The van der Waals surface area contributed by atoms with Gasteiger partial charge in [0, 0.05) is 24.9 Å². The van der Waals surface area contributed by atoms with Gasteiger partial charge in [-0.05, 0) is 44.9 Å². The maximum Gasteiger partial charge on any atom is 0.410 e. The Labute approximate surface area is 193 Å². The number of rotatable bonds is 2. The second-order valence-corrected chi connectivity index (χ2v) is 10.5. The van der Waals surface area contributed by atoms with Gasteiger partial charge in [0.1, 0.15) is 11.6 Å². The summed E-state index contributed by atoms with van der Waals surface area (Å²) < 4.78 is 5.51. The number of imide groups is 1. The predicted molar refractivity (Wildman–Crippen MR) is 120 cm³/mol. The molecule has 4 heterocycles. The molecule has 0 radical (unpaired) electrons. The molecule has 3 aliphatic heterocycles. The van der Waals surface area contributed by atoms with Gasteiger partial charge in [0.2, 0.25) is 11.8 Å². The third-order valence-electron chi connectivity index (χ3n) is 6.13. The monoisotopic (exact) mass is 454 g/mol. The average Bonchev–Trinajstić information content (AvgIpc) is 3.01. The number of pyridine rings is 1. The largest absolute Gasteiger partial charge is 0.444 e. The lowest BCUT2D eigenvalue weighted by atomic mass is 9.79. The first-order chi connectivity index (χ1) is 15.4. The molecule has 0 spiro atoms. The number of ether oxygens (including phenoxy) is 1. The maximum absolute atomic E-state index is 12.9. The first-order valence-electron chi connectivity index (χ1n) is 11.2. The van der Waals surface area contributed by atoms with Crippen LogP contribution in [0.25, 0.3) is 5.57 Å². The summed E-state index contributed by atoms with van der Waals surface area (Å²) in [5, 5.41) is 2.31. The smallest absolute Gasteiger partial charge is 0.410 e. The molecule has 1 aromatic heterocycles. The number of amides is 4. The van der Waals surface area contributed by atoms with Crippen LogP contribution in [-0.2, 0) is 20.9 Å². The zero-order valence-corrected chi connectivity index (χ0v) is 19.7. The maximum atomic E-state index is 12.9. The van der Waals surface area contributed by atoms with Crippen LogP contribution >= 0.6 is 0 Å². The minimum atomic E-state index is -0.666. The number of nitrogens with zero attached hydrogens (tertiary/aromatic N) is 3. The van der Waals surface area contributed by atoms with E-state index in [1.807, 2.05) is 46.8 Å². The number of aromatic nitrogens is 1. The number of hydrogen-bond acceptors (Lipinski definition) is 6. The topological polar surface area (TPSA) is 109 Å². The van der Waals surface area contributed by atoms with Crippen molar-refractivity contribution >= 4 is 29.4 Å². The van der Waals surface area contributed by atoms with Gasteiger partial charge in [-0.2, -0.15) is 0 Å². The van der Waals surface area contributed by atoms with Crippen molar-refractivity contribution < 1.29 is 23.9 Å². The summed E-state index contributed by atoms with van der Waals surface area (Å²) >= 11 is 0. The van der Waals surface area contributed by atoms with Crippen molar-refractivity contribution in [2.45, 2.75) is 65.6 Å². The molecule has 0 saturated carbocycles. The second-order valence-electron chi connectivity index (χ2n) is 10.5. The van der Waals surface area contributed by atoms with E-state index in [2.05, 4.69) is 5.32 Å². The SMILES string of the molecule is CC(C)(C)OC(=O)N1CC=C(c2ccc3c(n2)CN(C2CCC(=O)NC2=O)C3=O)C(C)(C)C1. The predicted octanol–water partition coefficient (Wildman–Crippen LogP) is 2.50. The summed E-state index contributed by atoms with van der Waals surface area (Å²) in [5.74, 6) is -0.995. The highest BCUT2D eigenvalue weighted by atomic mass is 16.6. The van der Waals surface area contributed by atoms with Crippen LogP contribution in [0.4, 0.5) is 4.79 Å². The molecular weight excluding hydrogens is 424 g/mol. The van der Waals surface area contributed by atoms with Crippen molar-refractivity contribution in [3.05, 3.63) is 35.2 Å². The summed E-state index contributed by atoms with van der Waals surface area (Å²) in [6, 6.07) is 2.91. The molecule has 3 aliphatic rings. The fourth-order valence-electron chi connectivity index (χ4n) is 4.61. The molecule has 1 N–H and O–H groups in total. The Kier molecular flexibility index (Phi) is 5.54. The number of piperidine rings is 1. The van der Waals surface area contributed by atoms with Crippen LogP contribution in [0.3, 0.4) is 0 Å². The van der Waals surface area contributed by atoms with Crippen molar-refractivity contribution in [2.75, 3.05) is 13.1 Å². The van der Waals surface area contributed by atoms with Crippen molar-refractivity contribution in [3.63, 3.8) is 0 Å². The van der Waals surface area contributed by atoms with Gasteiger partial charge in [-0.15, -0.1) is 0 Å². The van der Waals surface area contributed by atoms with Crippen LogP contribution in [0.1, 0.15) is 69.2 Å². The molecular formula is C24H30N4O5. The van der Waals surface area contributed by atoms with E-state index in [0.29, 0.717) is 30.8 Å². The van der Waals surface area contributed by atoms with Crippen molar-refractivity contribution in [3.8, 4) is 0 Å². The molecule has 4 rings (SSSR count). The molecule has 1 atom stereocenters. The van der Waals surface area contributed by atoms with Crippen LogP contribution in [0.5, 0.6) is 0 Å². The molecule has 1 unspecified atom stereocenters. The lowest BCUT2D eigenvalue weighted by molar-refractivity contribution is -0.136. The number of carbonyl (C=O) groups is 4. The molecule has 9 heteroatoms. The molecule has 176 valence electrons. The first-order valence-corrected chi connectivity index (χ1v) is 11.2. The van der Waals surface area contributed by atoms with E-state index in [1.54, 1.807) is 11.0 Å². The van der Waals surface area contributed by atoms with E-state index in [-0.39, 0.29) is 36.3 Å². The van der Waals surface area contributed by atoms with E-state index in [4.69, 9.17) is 9.72 Å². The zero-order chi connectivity index (χ0) is 24.1. The van der Waals surface area contributed by atoms with Gasteiger partial charge >= 0.3 is 6.09 Å². The molecule has 33 heavy (non-hydrogen) atoms. The van der Waals surface area contributed by atoms with Gasteiger partial charge in [-0.3, -0.25) is 24.7 Å². The summed E-state index contributed by atoms with van der Waals surface area (Å²) in [6.07, 6.45) is 2.16.